The van der Waals surface area contributed by atoms with E-state index in [1.165, 1.54) is 23.1 Å². The maximum atomic E-state index is 4.50. The molecule has 3 heteroatoms. The van der Waals surface area contributed by atoms with Crippen LogP contribution in [0.3, 0.4) is 0 Å². The molecule has 1 aliphatic rings. The van der Waals surface area contributed by atoms with E-state index in [4.69, 9.17) is 0 Å². The van der Waals surface area contributed by atoms with Gasteiger partial charge in [-0.15, -0.1) is 0 Å². The second-order valence-corrected chi connectivity index (χ2v) is 6.12. The second kappa shape index (κ2) is 5.80. The summed E-state index contributed by atoms with van der Waals surface area (Å²) in [5.74, 6) is 1.26. The van der Waals surface area contributed by atoms with Gasteiger partial charge in [0.25, 0.3) is 0 Å². The molecule has 1 unspecified atom stereocenters. The summed E-state index contributed by atoms with van der Waals surface area (Å²) in [6, 6.07) is 8.77. The van der Waals surface area contributed by atoms with Gasteiger partial charge in [-0.3, -0.25) is 4.68 Å². The van der Waals surface area contributed by atoms with E-state index in [0.717, 1.165) is 19.6 Å². The molecule has 2 heterocycles. The standard InChI is InChI=1S/C17H23N3/c1-13(2)11-20-12-15(10-19-20)17-6-4-3-5-16(17)14-7-8-18-9-14/h3-6,10,12-14,18H,7-9,11H2,1-2H3. The van der Waals surface area contributed by atoms with Crippen molar-refractivity contribution in [3.8, 4) is 11.1 Å². The van der Waals surface area contributed by atoms with Crippen LogP contribution in [0.1, 0.15) is 31.7 Å². The average molecular weight is 269 g/mol. The molecule has 0 saturated carbocycles. The lowest BCUT2D eigenvalue weighted by atomic mass is 9.91. The zero-order chi connectivity index (χ0) is 13.9. The molecule has 0 spiro atoms. The number of aromatic nitrogens is 2. The van der Waals surface area contributed by atoms with Crippen molar-refractivity contribution in [1.29, 1.82) is 0 Å². The molecule has 20 heavy (non-hydrogen) atoms. The Kier molecular flexibility index (Phi) is 3.88. The first-order valence-electron chi connectivity index (χ1n) is 7.56. The van der Waals surface area contributed by atoms with Crippen LogP contribution in [0.25, 0.3) is 11.1 Å². The summed E-state index contributed by atoms with van der Waals surface area (Å²) in [6.45, 7) is 7.65. The van der Waals surface area contributed by atoms with Gasteiger partial charge in [0.15, 0.2) is 0 Å². The molecular formula is C17H23N3. The van der Waals surface area contributed by atoms with Crippen LogP contribution in [0.2, 0.25) is 0 Å². The molecule has 0 radical (unpaired) electrons. The number of benzene rings is 1. The van der Waals surface area contributed by atoms with Gasteiger partial charge in [-0.05, 0) is 35.9 Å². The molecule has 2 aromatic rings. The quantitative estimate of drug-likeness (QED) is 0.923. The first-order valence-corrected chi connectivity index (χ1v) is 7.56. The molecule has 0 aliphatic carbocycles. The Balaban J connectivity index is 1.91. The van der Waals surface area contributed by atoms with Crippen LogP contribution in [-0.2, 0) is 6.54 Å². The van der Waals surface area contributed by atoms with Crippen molar-refractivity contribution in [2.24, 2.45) is 5.92 Å². The Morgan fingerprint density at radius 2 is 2.20 bits per heavy atom. The molecule has 0 amide bonds. The zero-order valence-corrected chi connectivity index (χ0v) is 12.3. The van der Waals surface area contributed by atoms with Crippen LogP contribution in [0.5, 0.6) is 0 Å². The highest BCUT2D eigenvalue weighted by atomic mass is 15.3. The first kappa shape index (κ1) is 13.4. The fourth-order valence-corrected chi connectivity index (χ4v) is 3.01. The van der Waals surface area contributed by atoms with Crippen LogP contribution in [0.15, 0.2) is 36.7 Å². The van der Waals surface area contributed by atoms with Crippen molar-refractivity contribution in [2.75, 3.05) is 13.1 Å². The molecule has 1 aliphatic heterocycles. The van der Waals surface area contributed by atoms with E-state index in [1.807, 2.05) is 6.20 Å². The maximum absolute atomic E-state index is 4.50. The molecular weight excluding hydrogens is 246 g/mol. The Bertz CT molecular complexity index is 565. The summed E-state index contributed by atoms with van der Waals surface area (Å²) in [7, 11) is 0. The molecule has 0 bridgehead atoms. The van der Waals surface area contributed by atoms with Crippen molar-refractivity contribution >= 4 is 0 Å². The summed E-state index contributed by atoms with van der Waals surface area (Å²) in [4.78, 5) is 0. The summed E-state index contributed by atoms with van der Waals surface area (Å²) in [6.07, 6.45) is 5.42. The molecule has 3 nitrogen and oxygen atoms in total. The smallest absolute Gasteiger partial charge is 0.0568 e. The van der Waals surface area contributed by atoms with E-state index in [2.05, 4.69) is 59.4 Å². The van der Waals surface area contributed by atoms with E-state index >= 15 is 0 Å². The monoisotopic (exact) mass is 269 g/mol. The fraction of sp³-hybridized carbons (Fsp3) is 0.471. The largest absolute Gasteiger partial charge is 0.316 e. The minimum atomic E-state index is 0.622. The molecule has 1 saturated heterocycles. The van der Waals surface area contributed by atoms with Crippen LogP contribution < -0.4 is 5.32 Å². The van der Waals surface area contributed by atoms with Gasteiger partial charge in [-0.25, -0.2) is 0 Å². The van der Waals surface area contributed by atoms with Gasteiger partial charge in [-0.1, -0.05) is 38.1 Å². The zero-order valence-electron chi connectivity index (χ0n) is 12.3. The molecule has 1 fully saturated rings. The van der Waals surface area contributed by atoms with Crippen LogP contribution in [0, 0.1) is 5.92 Å². The van der Waals surface area contributed by atoms with Crippen LogP contribution in [-0.4, -0.2) is 22.9 Å². The molecule has 1 atom stereocenters. The summed E-state index contributed by atoms with van der Waals surface area (Å²) in [5.41, 5.74) is 4.05. The maximum Gasteiger partial charge on any atom is 0.0568 e. The highest BCUT2D eigenvalue weighted by molar-refractivity contribution is 5.67. The SMILES string of the molecule is CC(C)Cn1cc(-c2ccccc2C2CCNC2)cn1. The van der Waals surface area contributed by atoms with E-state index in [9.17, 15) is 0 Å². The number of nitrogens with zero attached hydrogens (tertiary/aromatic N) is 2. The van der Waals surface area contributed by atoms with E-state index in [1.54, 1.807) is 0 Å². The summed E-state index contributed by atoms with van der Waals surface area (Å²) < 4.78 is 2.06. The number of hydrogen-bond donors (Lipinski definition) is 1. The Morgan fingerprint density at radius 3 is 2.95 bits per heavy atom. The summed E-state index contributed by atoms with van der Waals surface area (Å²) >= 11 is 0. The van der Waals surface area contributed by atoms with Crippen molar-refractivity contribution in [2.45, 2.75) is 32.7 Å². The van der Waals surface area contributed by atoms with Crippen LogP contribution in [0.4, 0.5) is 0 Å². The fourth-order valence-electron chi connectivity index (χ4n) is 3.01. The third-order valence-corrected chi connectivity index (χ3v) is 3.96. The van der Waals surface area contributed by atoms with Gasteiger partial charge in [0.05, 0.1) is 6.20 Å². The van der Waals surface area contributed by atoms with Crippen molar-refractivity contribution in [3.63, 3.8) is 0 Å². The topological polar surface area (TPSA) is 29.9 Å². The highest BCUT2D eigenvalue weighted by Gasteiger charge is 2.20. The Labute approximate surface area is 121 Å². The summed E-state index contributed by atoms with van der Waals surface area (Å²) in [5, 5.41) is 7.96. The lowest BCUT2D eigenvalue weighted by molar-refractivity contribution is 0.483. The van der Waals surface area contributed by atoms with E-state index < -0.39 is 0 Å². The normalized spacial score (nSPS) is 18.9. The molecule has 1 N–H and O–H groups in total. The molecule has 1 aromatic heterocycles. The minimum absolute atomic E-state index is 0.622. The van der Waals surface area contributed by atoms with Gasteiger partial charge >= 0.3 is 0 Å². The Morgan fingerprint density at radius 1 is 1.35 bits per heavy atom. The molecule has 1 aromatic carbocycles. The lowest BCUT2D eigenvalue weighted by Crippen LogP contribution is -2.08. The van der Waals surface area contributed by atoms with Crippen molar-refractivity contribution < 1.29 is 0 Å². The third kappa shape index (κ3) is 2.78. The van der Waals surface area contributed by atoms with Crippen molar-refractivity contribution in [3.05, 3.63) is 42.2 Å². The number of nitrogens with one attached hydrogen (secondary N) is 1. The van der Waals surface area contributed by atoms with Gasteiger partial charge in [0.2, 0.25) is 0 Å². The van der Waals surface area contributed by atoms with Gasteiger partial charge in [0, 0.05) is 24.8 Å². The number of rotatable bonds is 4. The highest BCUT2D eigenvalue weighted by Crippen LogP contribution is 2.32. The van der Waals surface area contributed by atoms with Gasteiger partial charge < -0.3 is 5.32 Å². The lowest BCUT2D eigenvalue weighted by Gasteiger charge is -2.13. The van der Waals surface area contributed by atoms with Gasteiger partial charge in [-0.2, -0.15) is 5.10 Å². The first-order chi connectivity index (χ1) is 9.74. The third-order valence-electron chi connectivity index (χ3n) is 3.96. The average Bonchev–Trinajstić information content (AvgIpc) is 3.09. The Hall–Kier alpha value is -1.61. The predicted molar refractivity (Wildman–Crippen MR) is 82.7 cm³/mol. The van der Waals surface area contributed by atoms with Crippen LogP contribution >= 0.6 is 0 Å². The number of hydrogen-bond acceptors (Lipinski definition) is 2. The van der Waals surface area contributed by atoms with Gasteiger partial charge in [0.1, 0.15) is 0 Å². The minimum Gasteiger partial charge on any atom is -0.316 e. The van der Waals surface area contributed by atoms with E-state index in [-0.39, 0.29) is 0 Å². The van der Waals surface area contributed by atoms with Crippen molar-refractivity contribution in [1.82, 2.24) is 15.1 Å². The van der Waals surface area contributed by atoms with E-state index in [0.29, 0.717) is 11.8 Å². The second-order valence-electron chi connectivity index (χ2n) is 6.12. The molecule has 3 rings (SSSR count). The molecule has 106 valence electrons. The predicted octanol–water partition coefficient (Wildman–Crippen LogP) is 3.28.